The molecule has 2 aromatic carbocycles. The lowest BCUT2D eigenvalue weighted by atomic mass is 9.95. The topological polar surface area (TPSA) is 134 Å². The van der Waals surface area contributed by atoms with E-state index in [2.05, 4.69) is 24.6 Å². The van der Waals surface area contributed by atoms with Crippen molar-refractivity contribution in [3.8, 4) is 11.1 Å². The number of hydrogen-bond donors (Lipinski definition) is 2. The molecule has 3 N–H and O–H groups in total. The summed E-state index contributed by atoms with van der Waals surface area (Å²) in [5.41, 5.74) is 6.66. The van der Waals surface area contributed by atoms with Crippen LogP contribution in [-0.4, -0.2) is 67.9 Å². The lowest BCUT2D eigenvalue weighted by molar-refractivity contribution is -0.159. The number of likely N-dealkylation sites (tertiary alicyclic amines) is 1. The van der Waals surface area contributed by atoms with Gasteiger partial charge in [-0.3, -0.25) is 4.79 Å². The first-order chi connectivity index (χ1) is 20.0. The second kappa shape index (κ2) is 10.5. The summed E-state index contributed by atoms with van der Waals surface area (Å²) in [5.74, 6) is -3.58. The summed E-state index contributed by atoms with van der Waals surface area (Å²) in [6.07, 6.45) is -4.02. The van der Waals surface area contributed by atoms with Gasteiger partial charge in [0.15, 0.2) is 5.82 Å². The van der Waals surface area contributed by atoms with E-state index in [0.29, 0.717) is 37.1 Å². The summed E-state index contributed by atoms with van der Waals surface area (Å²) in [6.45, 7) is 0.661. The first kappa shape index (κ1) is 27.9. The van der Waals surface area contributed by atoms with E-state index in [0.717, 1.165) is 6.07 Å². The fourth-order valence-corrected chi connectivity index (χ4v) is 5.54. The van der Waals surface area contributed by atoms with E-state index in [9.17, 15) is 23.1 Å². The highest BCUT2D eigenvalue weighted by atomic mass is 19.4. The van der Waals surface area contributed by atoms with Crippen LogP contribution in [0.2, 0.25) is 0 Å². The summed E-state index contributed by atoms with van der Waals surface area (Å²) in [7, 11) is 0. The minimum absolute atomic E-state index is 0.00440. The monoisotopic (exact) mass is 589 g/mol. The SMILES string of the molecule is N[C@@H]1CC(O)CN1C(=O)c1ccc(-c2ccc(F)c3c(N4CCC(c5noc(C(F)(F)F)n5)CC4)ncnc23)cc1F. The van der Waals surface area contributed by atoms with Crippen LogP contribution in [0.3, 0.4) is 0 Å². The molecule has 2 atom stereocenters. The molecule has 6 rings (SSSR count). The molecular weight excluding hydrogens is 565 g/mol. The van der Waals surface area contributed by atoms with Gasteiger partial charge in [0.25, 0.3) is 5.91 Å². The van der Waals surface area contributed by atoms with Crippen molar-refractivity contribution < 1.29 is 36.4 Å². The molecule has 4 heterocycles. The van der Waals surface area contributed by atoms with Gasteiger partial charge in [0.05, 0.1) is 28.7 Å². The van der Waals surface area contributed by atoms with Crippen LogP contribution in [-0.2, 0) is 6.18 Å². The van der Waals surface area contributed by atoms with Gasteiger partial charge in [-0.2, -0.15) is 18.2 Å². The number of piperidine rings is 1. The van der Waals surface area contributed by atoms with Crippen LogP contribution in [0.25, 0.3) is 22.0 Å². The van der Waals surface area contributed by atoms with Crippen molar-refractivity contribution in [3.05, 3.63) is 65.6 Å². The number of rotatable bonds is 4. The Morgan fingerprint density at radius 3 is 2.48 bits per heavy atom. The lowest BCUT2D eigenvalue weighted by Crippen LogP contribution is -2.41. The van der Waals surface area contributed by atoms with Crippen LogP contribution < -0.4 is 10.6 Å². The Morgan fingerprint density at radius 1 is 1.07 bits per heavy atom. The summed E-state index contributed by atoms with van der Waals surface area (Å²) in [5, 5.41) is 13.4. The Balaban J connectivity index is 1.27. The molecule has 0 aliphatic carbocycles. The van der Waals surface area contributed by atoms with Crippen molar-refractivity contribution in [1.29, 1.82) is 0 Å². The molecule has 2 aromatic heterocycles. The number of alkyl halides is 3. The molecule has 2 aliphatic heterocycles. The number of carbonyl (C=O) groups excluding carboxylic acids is 1. The maximum atomic E-state index is 15.2. The van der Waals surface area contributed by atoms with Crippen LogP contribution in [0.4, 0.5) is 27.8 Å². The van der Waals surface area contributed by atoms with Crippen LogP contribution in [0, 0.1) is 11.6 Å². The van der Waals surface area contributed by atoms with Gasteiger partial charge in [0.2, 0.25) is 0 Å². The summed E-state index contributed by atoms with van der Waals surface area (Å²) in [6, 6.07) is 6.67. The van der Waals surface area contributed by atoms with Crippen LogP contribution in [0.5, 0.6) is 0 Å². The zero-order valence-electron chi connectivity index (χ0n) is 21.9. The standard InChI is InChI=1S/C27H24F5N7O3/c28-18-4-3-16(14-1-2-17(19(29)9-14)25(41)39-11-15(40)10-20(39)33)22-21(18)24(35-12-34-22)38-7-5-13(6-8-38)23-36-26(42-37-23)27(30,31)32/h1-4,9,12-13,15,20,40H,5-8,10-11,33H2/t15?,20-/m0/s1. The quantitative estimate of drug-likeness (QED) is 0.341. The lowest BCUT2D eigenvalue weighted by Gasteiger charge is -2.32. The molecule has 2 saturated heterocycles. The first-order valence-electron chi connectivity index (χ1n) is 13.1. The molecule has 2 aliphatic rings. The van der Waals surface area contributed by atoms with Gasteiger partial charge in [-0.15, -0.1) is 0 Å². The number of aliphatic hydroxyl groups is 1. The third kappa shape index (κ3) is 5.02. The van der Waals surface area contributed by atoms with Crippen molar-refractivity contribution in [3.63, 3.8) is 0 Å². The average molecular weight is 590 g/mol. The number of amides is 1. The number of β-amino-alcohol motifs (C(OH)–C–C–N with tert-alkyl or cyclic N) is 1. The van der Waals surface area contributed by atoms with Gasteiger partial charge >= 0.3 is 12.1 Å². The predicted octanol–water partition coefficient (Wildman–Crippen LogP) is 3.85. The summed E-state index contributed by atoms with van der Waals surface area (Å²) < 4.78 is 73.4. The van der Waals surface area contributed by atoms with E-state index in [1.54, 1.807) is 4.90 Å². The minimum Gasteiger partial charge on any atom is -0.391 e. The molecule has 1 amide bonds. The average Bonchev–Trinajstić information content (AvgIpc) is 3.59. The van der Waals surface area contributed by atoms with Crippen molar-refractivity contribution in [2.45, 2.75) is 43.6 Å². The third-order valence-corrected chi connectivity index (χ3v) is 7.65. The highest BCUT2D eigenvalue weighted by molar-refractivity contribution is 6.00. The Bertz CT molecular complexity index is 1660. The zero-order valence-corrected chi connectivity index (χ0v) is 21.9. The highest BCUT2D eigenvalue weighted by Gasteiger charge is 2.39. The van der Waals surface area contributed by atoms with Gasteiger partial charge in [-0.25, -0.2) is 18.7 Å². The number of aliphatic hydroxyl groups excluding tert-OH is 1. The normalized spacial score (nSPS) is 20.1. The molecule has 10 nitrogen and oxygen atoms in total. The molecule has 2 fully saturated rings. The van der Waals surface area contributed by atoms with E-state index in [1.807, 2.05) is 0 Å². The second-order valence-electron chi connectivity index (χ2n) is 10.3. The molecule has 4 aromatic rings. The predicted molar refractivity (Wildman–Crippen MR) is 138 cm³/mol. The second-order valence-corrected chi connectivity index (χ2v) is 10.3. The molecule has 220 valence electrons. The largest absolute Gasteiger partial charge is 0.471 e. The first-order valence-corrected chi connectivity index (χ1v) is 13.1. The molecule has 0 bridgehead atoms. The van der Waals surface area contributed by atoms with Crippen LogP contribution in [0.15, 0.2) is 41.2 Å². The maximum absolute atomic E-state index is 15.2. The Hall–Kier alpha value is -4.24. The van der Waals surface area contributed by atoms with E-state index in [1.165, 1.54) is 35.5 Å². The molecule has 0 spiro atoms. The Kier molecular flexibility index (Phi) is 7.01. The van der Waals surface area contributed by atoms with Gasteiger partial charge in [-0.05, 0) is 42.7 Å². The van der Waals surface area contributed by atoms with Crippen molar-refractivity contribution in [2.75, 3.05) is 24.5 Å². The molecular formula is C27H24F5N7O3. The van der Waals surface area contributed by atoms with Crippen molar-refractivity contribution in [2.24, 2.45) is 5.73 Å². The number of nitrogens with zero attached hydrogens (tertiary/aromatic N) is 6. The van der Waals surface area contributed by atoms with Crippen molar-refractivity contribution >= 4 is 22.6 Å². The van der Waals surface area contributed by atoms with Crippen LogP contribution >= 0.6 is 0 Å². The molecule has 15 heteroatoms. The van der Waals surface area contributed by atoms with Gasteiger partial charge in [-0.1, -0.05) is 11.2 Å². The Morgan fingerprint density at radius 2 is 1.83 bits per heavy atom. The highest BCUT2D eigenvalue weighted by Crippen LogP contribution is 2.37. The van der Waals surface area contributed by atoms with Crippen molar-refractivity contribution in [1.82, 2.24) is 25.0 Å². The smallest absolute Gasteiger partial charge is 0.391 e. The molecule has 0 radical (unpaired) electrons. The van der Waals surface area contributed by atoms with E-state index < -0.39 is 41.9 Å². The van der Waals surface area contributed by atoms with Crippen LogP contribution in [0.1, 0.15) is 47.3 Å². The van der Waals surface area contributed by atoms with Gasteiger partial charge in [0, 0.05) is 37.5 Å². The van der Waals surface area contributed by atoms with Gasteiger partial charge < -0.3 is 25.2 Å². The molecule has 1 unspecified atom stereocenters. The Labute approximate surface area is 234 Å². The van der Waals surface area contributed by atoms with E-state index in [4.69, 9.17) is 5.73 Å². The summed E-state index contributed by atoms with van der Waals surface area (Å²) in [4.78, 5) is 27.9. The number of carbonyl (C=O) groups is 1. The maximum Gasteiger partial charge on any atom is 0.471 e. The fraction of sp³-hybridized carbons (Fsp3) is 0.370. The number of benzene rings is 2. The van der Waals surface area contributed by atoms with Gasteiger partial charge in [0.1, 0.15) is 23.8 Å². The number of fused-ring (bicyclic) bond motifs is 1. The summed E-state index contributed by atoms with van der Waals surface area (Å²) >= 11 is 0. The minimum atomic E-state index is -4.73. The number of hydrogen-bond acceptors (Lipinski definition) is 9. The van der Waals surface area contributed by atoms with E-state index in [-0.39, 0.29) is 47.0 Å². The number of halogens is 5. The third-order valence-electron chi connectivity index (χ3n) is 7.65. The molecule has 0 saturated carbocycles. The number of aromatic nitrogens is 4. The number of nitrogens with two attached hydrogens (primary N) is 1. The van der Waals surface area contributed by atoms with E-state index >= 15 is 8.78 Å². The molecule has 42 heavy (non-hydrogen) atoms. The number of anilines is 1. The zero-order chi connectivity index (χ0) is 29.8. The fourth-order valence-electron chi connectivity index (χ4n) is 5.54.